The maximum absolute atomic E-state index is 11.5. The van der Waals surface area contributed by atoms with Crippen molar-refractivity contribution in [2.75, 3.05) is 12.3 Å². The Morgan fingerprint density at radius 2 is 1.09 bits per heavy atom. The summed E-state index contributed by atoms with van der Waals surface area (Å²) in [5, 5.41) is 11.5. The second-order valence-electron chi connectivity index (χ2n) is 9.41. The fraction of sp³-hybridized carbons (Fsp3) is 0.889. The molecule has 0 aliphatic heterocycles. The predicted molar refractivity (Wildman–Crippen MR) is 140 cm³/mol. The van der Waals surface area contributed by atoms with E-state index < -0.39 is 10.1 Å². The number of nitrogens with zero attached hydrogens (tertiary/aromatic N) is 1. The average molecular weight is 510 g/mol. The van der Waals surface area contributed by atoms with E-state index in [-0.39, 0.29) is 54.2 Å². The molecule has 7 heteroatoms. The first-order chi connectivity index (χ1) is 16.0. The summed E-state index contributed by atoms with van der Waals surface area (Å²) in [4.78, 5) is 3.75. The molecule has 0 atom stereocenters. The van der Waals surface area contributed by atoms with E-state index in [1.807, 2.05) is 6.08 Å². The molecule has 0 rings (SSSR count). The third kappa shape index (κ3) is 32.1. The van der Waals surface area contributed by atoms with E-state index >= 15 is 0 Å². The Bertz CT molecular complexity index is 579. The molecule has 0 bridgehead atoms. The molecule has 0 saturated heterocycles. The monoisotopic (exact) mass is 509 g/mol. The van der Waals surface area contributed by atoms with Crippen molar-refractivity contribution in [3.8, 4) is 0 Å². The van der Waals surface area contributed by atoms with E-state index in [1.165, 1.54) is 122 Å². The van der Waals surface area contributed by atoms with Crippen LogP contribution < -0.4 is 34.7 Å². The number of allylic oxidation sites excluding steroid dienone is 1. The van der Waals surface area contributed by atoms with Gasteiger partial charge in [0.25, 0.3) is 10.1 Å². The van der Waals surface area contributed by atoms with Gasteiger partial charge in [-0.2, -0.15) is 8.42 Å². The van der Waals surface area contributed by atoms with Crippen LogP contribution in [-0.2, 0) is 10.1 Å². The molecule has 1 N–H and O–H groups in total. The second-order valence-corrected chi connectivity index (χ2v) is 11.0. The molecular weight excluding hydrogens is 457 g/mol. The molecule has 0 saturated carbocycles. The van der Waals surface area contributed by atoms with Gasteiger partial charge in [-0.3, -0.25) is 4.55 Å². The summed E-state index contributed by atoms with van der Waals surface area (Å²) in [6.07, 6.45) is 30.3. The summed E-state index contributed by atoms with van der Waals surface area (Å²) in [5.74, 6) is -0.685. The quantitative estimate of drug-likeness (QED) is 0.0649. The Labute approximate surface area is 233 Å². The van der Waals surface area contributed by atoms with Crippen LogP contribution >= 0.6 is 0 Å². The number of unbranched alkanes of at least 4 members (excludes halogenated alkanes) is 19. The van der Waals surface area contributed by atoms with Crippen LogP contribution in [0, 0.1) is 0 Å². The van der Waals surface area contributed by atoms with E-state index in [4.69, 9.17) is 4.55 Å². The summed E-state index contributed by atoms with van der Waals surface area (Å²) < 4.78 is 29.7. The maximum Gasteiger partial charge on any atom is 1.00 e. The molecule has 0 fully saturated rings. The number of aliphatic imine (C=N–C) groups is 1. The average Bonchev–Trinajstić information content (AvgIpc) is 2.77. The summed E-state index contributed by atoms with van der Waals surface area (Å²) in [6, 6.07) is 0. The van der Waals surface area contributed by atoms with Crippen LogP contribution in [-0.4, -0.2) is 31.2 Å². The molecule has 0 radical (unpaired) electrons. The van der Waals surface area contributed by atoms with Crippen molar-refractivity contribution in [3.63, 3.8) is 0 Å². The topological polar surface area (TPSA) is 89.8 Å². The molecule has 0 aromatic carbocycles. The van der Waals surface area contributed by atoms with Gasteiger partial charge in [-0.25, -0.2) is 0 Å². The van der Waals surface area contributed by atoms with E-state index in [9.17, 15) is 13.5 Å². The van der Waals surface area contributed by atoms with Gasteiger partial charge in [0.1, 0.15) is 0 Å². The van der Waals surface area contributed by atoms with Gasteiger partial charge >= 0.3 is 29.6 Å². The zero-order valence-corrected chi connectivity index (χ0v) is 25.3. The van der Waals surface area contributed by atoms with Crippen LogP contribution in [0.4, 0.5) is 0 Å². The van der Waals surface area contributed by atoms with Crippen LogP contribution in [0.15, 0.2) is 17.1 Å². The number of rotatable bonds is 25. The minimum Gasteiger partial charge on any atom is -0.859 e. The van der Waals surface area contributed by atoms with Crippen LogP contribution in [0.3, 0.4) is 0 Å². The van der Waals surface area contributed by atoms with Crippen LogP contribution in [0.1, 0.15) is 142 Å². The van der Waals surface area contributed by atoms with E-state index in [2.05, 4.69) is 11.9 Å². The molecule has 0 heterocycles. The molecule has 0 aliphatic carbocycles. The van der Waals surface area contributed by atoms with Crippen molar-refractivity contribution in [2.45, 2.75) is 142 Å². The number of hydrogen-bond donors (Lipinski definition) is 1. The normalized spacial score (nSPS) is 12.4. The van der Waals surface area contributed by atoms with E-state index in [0.29, 0.717) is 0 Å². The third-order valence-corrected chi connectivity index (χ3v) is 6.87. The zero-order valence-electron chi connectivity index (χ0n) is 22.4. The van der Waals surface area contributed by atoms with Crippen molar-refractivity contribution in [1.82, 2.24) is 0 Å². The molecule has 196 valence electrons. The van der Waals surface area contributed by atoms with Crippen LogP contribution in [0.2, 0.25) is 0 Å². The van der Waals surface area contributed by atoms with Gasteiger partial charge in [0.05, 0.1) is 5.75 Å². The van der Waals surface area contributed by atoms with Gasteiger partial charge in [-0.05, 0) is 25.2 Å². The van der Waals surface area contributed by atoms with Crippen molar-refractivity contribution in [2.24, 2.45) is 4.99 Å². The Morgan fingerprint density at radius 3 is 1.47 bits per heavy atom. The third-order valence-electron chi connectivity index (χ3n) is 6.06. The van der Waals surface area contributed by atoms with Crippen molar-refractivity contribution in [3.05, 3.63) is 12.2 Å². The minimum atomic E-state index is -3.96. The summed E-state index contributed by atoms with van der Waals surface area (Å²) >= 11 is 0. The summed E-state index contributed by atoms with van der Waals surface area (Å²) in [5.41, 5.74) is 0. The van der Waals surface area contributed by atoms with Gasteiger partial charge in [0.15, 0.2) is 0 Å². The Balaban J connectivity index is 0. The first-order valence-electron chi connectivity index (χ1n) is 13.8. The van der Waals surface area contributed by atoms with Gasteiger partial charge < -0.3 is 10.1 Å². The largest absolute Gasteiger partial charge is 1.00 e. The second kappa shape index (κ2) is 27.7. The van der Waals surface area contributed by atoms with Gasteiger partial charge in [0, 0.05) is 6.54 Å². The molecule has 0 unspecified atom stereocenters. The first-order valence-corrected chi connectivity index (χ1v) is 15.4. The van der Waals surface area contributed by atoms with E-state index in [1.54, 1.807) is 0 Å². The fourth-order valence-electron chi connectivity index (χ4n) is 4.01. The Kier molecular flexibility index (Phi) is 29.6. The first kappa shape index (κ1) is 36.3. The van der Waals surface area contributed by atoms with Gasteiger partial charge in [-0.1, -0.05) is 135 Å². The predicted octanol–water partition coefficient (Wildman–Crippen LogP) is 4.41. The van der Waals surface area contributed by atoms with E-state index in [0.717, 1.165) is 12.8 Å². The van der Waals surface area contributed by atoms with Crippen molar-refractivity contribution < 1.29 is 47.6 Å². The Hall–Kier alpha value is 0.120. The maximum atomic E-state index is 11.5. The molecule has 0 amide bonds. The molecule has 5 nitrogen and oxygen atoms in total. The number of hydrogen-bond acceptors (Lipinski definition) is 4. The van der Waals surface area contributed by atoms with Crippen molar-refractivity contribution >= 4 is 16.0 Å². The Morgan fingerprint density at radius 1 is 0.706 bits per heavy atom. The van der Waals surface area contributed by atoms with Crippen LogP contribution in [0.25, 0.3) is 0 Å². The molecule has 34 heavy (non-hydrogen) atoms. The molecule has 0 aromatic heterocycles. The zero-order chi connectivity index (χ0) is 24.5. The van der Waals surface area contributed by atoms with Crippen LogP contribution in [0.5, 0.6) is 0 Å². The standard InChI is InChI=1S/C27H53NO4S.Na/c1-2-3-4-5-6-7-8-9-10-11-12-13-14-15-16-17-18-19-20-21-22-24-27(29)28-25-23-26-33(30,31)32;/h22,24H,2-21,23,25-26H2,1H3,(H,28,29)(H,30,31,32);/q;+1/p-1/b24-22+;. The van der Waals surface area contributed by atoms with Gasteiger partial charge in [-0.15, -0.1) is 0 Å². The smallest absolute Gasteiger partial charge is 0.859 e. The summed E-state index contributed by atoms with van der Waals surface area (Å²) in [6.45, 7) is 2.41. The van der Waals surface area contributed by atoms with Crippen molar-refractivity contribution in [1.29, 1.82) is 0 Å². The fourth-order valence-corrected chi connectivity index (χ4v) is 4.51. The molecular formula is C27H52NNaO4S. The molecule has 0 spiro atoms. The van der Waals surface area contributed by atoms with Gasteiger partial charge in [0.2, 0.25) is 0 Å². The molecule has 0 aliphatic rings. The minimum absolute atomic E-state index is 0. The summed E-state index contributed by atoms with van der Waals surface area (Å²) in [7, 11) is -3.96. The SMILES string of the molecule is CCCCCCCCCCCCCCCCCCCCC/C=C/C([O-])=NCCCS(=O)(=O)O.[Na+]. The molecule has 0 aromatic rings.